The van der Waals surface area contributed by atoms with Crippen LogP contribution in [0.25, 0.3) is 0 Å². The number of urea groups is 1. The van der Waals surface area contributed by atoms with Gasteiger partial charge < -0.3 is 20.1 Å². The van der Waals surface area contributed by atoms with Crippen LogP contribution in [0.2, 0.25) is 0 Å². The van der Waals surface area contributed by atoms with Crippen molar-refractivity contribution in [3.8, 4) is 0 Å². The van der Waals surface area contributed by atoms with Gasteiger partial charge in [0.15, 0.2) is 0 Å². The molecule has 1 fully saturated rings. The van der Waals surface area contributed by atoms with Crippen LogP contribution in [-0.4, -0.2) is 79.4 Å². The SMILES string of the molecule is COCCCCNC(=O)N1CCN(C(C)C(=O)O)CC1. The smallest absolute Gasteiger partial charge is 0.320 e. The van der Waals surface area contributed by atoms with Crippen molar-refractivity contribution in [2.24, 2.45) is 0 Å². The molecule has 20 heavy (non-hydrogen) atoms. The first-order valence-electron chi connectivity index (χ1n) is 7.05. The molecule has 0 aliphatic carbocycles. The molecule has 0 radical (unpaired) electrons. The topological polar surface area (TPSA) is 82.1 Å². The van der Waals surface area contributed by atoms with E-state index in [1.807, 2.05) is 4.90 Å². The molecular formula is C13H25N3O4. The van der Waals surface area contributed by atoms with Crippen LogP contribution in [0.5, 0.6) is 0 Å². The summed E-state index contributed by atoms with van der Waals surface area (Å²) in [6.07, 6.45) is 1.83. The first kappa shape index (κ1) is 16.7. The van der Waals surface area contributed by atoms with E-state index in [-0.39, 0.29) is 6.03 Å². The van der Waals surface area contributed by atoms with Crippen LogP contribution in [0.1, 0.15) is 19.8 Å². The number of hydrogen-bond acceptors (Lipinski definition) is 4. The normalized spacial score (nSPS) is 17.8. The Morgan fingerprint density at radius 1 is 1.25 bits per heavy atom. The second-order valence-electron chi connectivity index (χ2n) is 4.97. The Morgan fingerprint density at radius 2 is 1.90 bits per heavy atom. The van der Waals surface area contributed by atoms with E-state index in [1.54, 1.807) is 18.9 Å². The van der Waals surface area contributed by atoms with Gasteiger partial charge in [-0.3, -0.25) is 9.69 Å². The zero-order valence-electron chi connectivity index (χ0n) is 12.3. The number of carbonyl (C=O) groups is 2. The fourth-order valence-electron chi connectivity index (χ4n) is 2.15. The van der Waals surface area contributed by atoms with Crippen LogP contribution in [0.3, 0.4) is 0 Å². The largest absolute Gasteiger partial charge is 0.480 e. The highest BCUT2D eigenvalue weighted by molar-refractivity contribution is 5.74. The number of hydrogen-bond donors (Lipinski definition) is 2. The van der Waals surface area contributed by atoms with Crippen molar-refractivity contribution in [3.05, 3.63) is 0 Å². The lowest BCUT2D eigenvalue weighted by atomic mass is 10.2. The van der Waals surface area contributed by atoms with Crippen LogP contribution in [0.15, 0.2) is 0 Å². The predicted octanol–water partition coefficient (Wildman–Crippen LogP) is 0.213. The van der Waals surface area contributed by atoms with E-state index in [2.05, 4.69) is 5.32 Å². The van der Waals surface area contributed by atoms with Crippen molar-refractivity contribution in [2.45, 2.75) is 25.8 Å². The van der Waals surface area contributed by atoms with Gasteiger partial charge in [0.05, 0.1) is 0 Å². The molecule has 0 spiro atoms. The van der Waals surface area contributed by atoms with Crippen molar-refractivity contribution in [3.63, 3.8) is 0 Å². The molecule has 1 saturated heterocycles. The Morgan fingerprint density at radius 3 is 2.45 bits per heavy atom. The van der Waals surface area contributed by atoms with Crippen LogP contribution in [0.4, 0.5) is 4.79 Å². The Kier molecular flexibility index (Phi) is 7.32. The Hall–Kier alpha value is -1.34. The lowest BCUT2D eigenvalue weighted by Gasteiger charge is -2.36. The molecule has 1 unspecified atom stereocenters. The van der Waals surface area contributed by atoms with Crippen LogP contribution in [-0.2, 0) is 9.53 Å². The average molecular weight is 287 g/mol. The molecule has 2 amide bonds. The lowest BCUT2D eigenvalue weighted by Crippen LogP contribution is -2.55. The molecule has 0 aromatic heterocycles. The van der Waals surface area contributed by atoms with Crippen molar-refractivity contribution < 1.29 is 19.4 Å². The monoisotopic (exact) mass is 287 g/mol. The Balaban J connectivity index is 2.20. The molecule has 2 N–H and O–H groups in total. The number of piperazine rings is 1. The zero-order valence-corrected chi connectivity index (χ0v) is 12.3. The fourth-order valence-corrected chi connectivity index (χ4v) is 2.15. The highest BCUT2D eigenvalue weighted by atomic mass is 16.5. The number of unbranched alkanes of at least 4 members (excludes halogenated alkanes) is 1. The van der Waals surface area contributed by atoms with Gasteiger partial charge in [0.25, 0.3) is 0 Å². The summed E-state index contributed by atoms with van der Waals surface area (Å²) in [5.41, 5.74) is 0. The molecule has 0 aromatic carbocycles. The van der Waals surface area contributed by atoms with Gasteiger partial charge in [-0.15, -0.1) is 0 Å². The van der Waals surface area contributed by atoms with Gasteiger partial charge in [0, 0.05) is 46.4 Å². The maximum Gasteiger partial charge on any atom is 0.320 e. The third kappa shape index (κ3) is 5.34. The molecule has 0 saturated carbocycles. The van der Waals surface area contributed by atoms with Crippen molar-refractivity contribution in [1.82, 2.24) is 15.1 Å². The summed E-state index contributed by atoms with van der Waals surface area (Å²) in [5.74, 6) is -0.818. The molecule has 1 aliphatic rings. The summed E-state index contributed by atoms with van der Waals surface area (Å²) in [6, 6.07) is -0.556. The van der Waals surface area contributed by atoms with E-state index in [1.165, 1.54) is 0 Å². The summed E-state index contributed by atoms with van der Waals surface area (Å²) >= 11 is 0. The van der Waals surface area contributed by atoms with E-state index >= 15 is 0 Å². The number of carboxylic acids is 1. The van der Waals surface area contributed by atoms with Gasteiger partial charge in [-0.25, -0.2) is 4.79 Å². The summed E-state index contributed by atoms with van der Waals surface area (Å²) < 4.78 is 4.94. The number of aliphatic carboxylic acids is 1. The van der Waals surface area contributed by atoms with E-state index in [9.17, 15) is 9.59 Å². The molecule has 0 aromatic rings. The molecule has 1 atom stereocenters. The number of ether oxygens (including phenoxy) is 1. The van der Waals surface area contributed by atoms with Gasteiger partial charge in [-0.2, -0.15) is 0 Å². The molecule has 0 bridgehead atoms. The predicted molar refractivity (Wildman–Crippen MR) is 74.8 cm³/mol. The van der Waals surface area contributed by atoms with E-state index in [4.69, 9.17) is 9.84 Å². The van der Waals surface area contributed by atoms with Crippen LogP contribution >= 0.6 is 0 Å². The van der Waals surface area contributed by atoms with Crippen LogP contribution < -0.4 is 5.32 Å². The second-order valence-corrected chi connectivity index (χ2v) is 4.97. The Bertz CT molecular complexity index is 317. The van der Waals surface area contributed by atoms with Gasteiger partial charge in [0.2, 0.25) is 0 Å². The quantitative estimate of drug-likeness (QED) is 0.654. The van der Waals surface area contributed by atoms with Crippen molar-refractivity contribution in [1.29, 1.82) is 0 Å². The molecule has 1 rings (SSSR count). The summed E-state index contributed by atoms with van der Waals surface area (Å²) in [6.45, 7) is 5.38. The summed E-state index contributed by atoms with van der Waals surface area (Å²) in [5, 5.41) is 11.8. The highest BCUT2D eigenvalue weighted by Crippen LogP contribution is 2.06. The van der Waals surface area contributed by atoms with Gasteiger partial charge in [0.1, 0.15) is 6.04 Å². The number of rotatable bonds is 7. The number of carbonyl (C=O) groups excluding carboxylic acids is 1. The van der Waals surface area contributed by atoms with Gasteiger partial charge in [-0.05, 0) is 19.8 Å². The van der Waals surface area contributed by atoms with Gasteiger partial charge >= 0.3 is 12.0 Å². The third-order valence-corrected chi connectivity index (χ3v) is 3.56. The number of nitrogens with one attached hydrogen (secondary N) is 1. The number of amides is 2. The van der Waals surface area contributed by atoms with Crippen LogP contribution in [0, 0.1) is 0 Å². The van der Waals surface area contributed by atoms with E-state index < -0.39 is 12.0 Å². The van der Waals surface area contributed by atoms with Crippen molar-refractivity contribution in [2.75, 3.05) is 46.4 Å². The minimum atomic E-state index is -0.818. The third-order valence-electron chi connectivity index (χ3n) is 3.56. The minimum absolute atomic E-state index is 0.0648. The molecule has 1 aliphatic heterocycles. The summed E-state index contributed by atoms with van der Waals surface area (Å²) in [4.78, 5) is 26.4. The standard InChI is InChI=1S/C13H25N3O4/c1-11(12(17)18)15-6-8-16(9-7-15)13(19)14-5-3-4-10-20-2/h11H,3-10H2,1-2H3,(H,14,19)(H,17,18). The second kappa shape index (κ2) is 8.76. The maximum absolute atomic E-state index is 11.9. The first-order valence-corrected chi connectivity index (χ1v) is 7.05. The first-order chi connectivity index (χ1) is 9.56. The maximum atomic E-state index is 11.9. The Labute approximate surface area is 119 Å². The average Bonchev–Trinajstić information content (AvgIpc) is 2.46. The summed E-state index contributed by atoms with van der Waals surface area (Å²) in [7, 11) is 1.66. The fraction of sp³-hybridized carbons (Fsp3) is 0.846. The van der Waals surface area contributed by atoms with E-state index in [0.29, 0.717) is 39.3 Å². The molecule has 1 heterocycles. The number of nitrogens with zero attached hydrogens (tertiary/aromatic N) is 2. The molecule has 7 heteroatoms. The minimum Gasteiger partial charge on any atom is -0.480 e. The number of carboxylic acid groups (broad SMARTS) is 1. The van der Waals surface area contributed by atoms with Crippen molar-refractivity contribution >= 4 is 12.0 Å². The zero-order chi connectivity index (χ0) is 15.0. The lowest BCUT2D eigenvalue weighted by molar-refractivity contribution is -0.143. The number of methoxy groups -OCH3 is 1. The molecule has 116 valence electrons. The van der Waals surface area contributed by atoms with Gasteiger partial charge in [-0.1, -0.05) is 0 Å². The highest BCUT2D eigenvalue weighted by Gasteiger charge is 2.26. The molecular weight excluding hydrogens is 262 g/mol. The molecule has 7 nitrogen and oxygen atoms in total. The van der Waals surface area contributed by atoms with E-state index in [0.717, 1.165) is 12.8 Å².